The highest BCUT2D eigenvalue weighted by molar-refractivity contribution is 5.90. The summed E-state index contributed by atoms with van der Waals surface area (Å²) in [7, 11) is 0. The number of nitriles is 1. The predicted molar refractivity (Wildman–Crippen MR) is 125 cm³/mol. The highest BCUT2D eigenvalue weighted by atomic mass is 16.4. The van der Waals surface area contributed by atoms with Gasteiger partial charge < -0.3 is 15.1 Å². The molecule has 10 nitrogen and oxygen atoms in total. The van der Waals surface area contributed by atoms with Crippen molar-refractivity contribution in [2.24, 2.45) is 5.92 Å². The number of nitrogens with one attached hydrogen (secondary N) is 2. The van der Waals surface area contributed by atoms with Crippen molar-refractivity contribution in [1.82, 2.24) is 30.1 Å². The average molecular weight is 457 g/mol. The normalized spacial score (nSPS) is 17.4. The lowest BCUT2D eigenvalue weighted by Crippen LogP contribution is -2.43. The third-order valence-corrected chi connectivity index (χ3v) is 5.80. The summed E-state index contributed by atoms with van der Waals surface area (Å²) < 4.78 is 7.45. The van der Waals surface area contributed by atoms with E-state index in [4.69, 9.17) is 9.68 Å². The van der Waals surface area contributed by atoms with Crippen molar-refractivity contribution in [3.05, 3.63) is 48.1 Å². The van der Waals surface area contributed by atoms with Crippen LogP contribution in [-0.4, -0.2) is 42.8 Å². The van der Waals surface area contributed by atoms with Crippen molar-refractivity contribution < 1.29 is 9.21 Å². The summed E-state index contributed by atoms with van der Waals surface area (Å²) in [6, 6.07) is 9.83. The van der Waals surface area contributed by atoms with Gasteiger partial charge in [-0.15, -0.1) is 10.2 Å². The molecule has 0 radical (unpaired) electrons. The molecule has 4 heterocycles. The highest BCUT2D eigenvalue weighted by Gasteiger charge is 2.29. The van der Waals surface area contributed by atoms with Gasteiger partial charge >= 0.3 is 11.8 Å². The third-order valence-electron chi connectivity index (χ3n) is 5.80. The largest absolute Gasteiger partial charge is 0.412 e. The maximum atomic E-state index is 12.5. The number of rotatable bonds is 6. The van der Waals surface area contributed by atoms with Gasteiger partial charge in [0, 0.05) is 18.3 Å². The van der Waals surface area contributed by atoms with Gasteiger partial charge in [-0.1, -0.05) is 6.92 Å². The van der Waals surface area contributed by atoms with Gasteiger partial charge in [0.05, 0.1) is 39.9 Å². The zero-order valence-corrected chi connectivity index (χ0v) is 19.1. The molecule has 1 saturated carbocycles. The Labute approximate surface area is 196 Å². The number of nitrogens with zero attached hydrogens (tertiary/aromatic N) is 6. The maximum Gasteiger partial charge on any atom is 0.309 e. The first-order valence-corrected chi connectivity index (χ1v) is 11.2. The lowest BCUT2D eigenvalue weighted by Gasteiger charge is -2.32. The van der Waals surface area contributed by atoms with E-state index in [0.717, 1.165) is 29.7 Å². The van der Waals surface area contributed by atoms with Crippen molar-refractivity contribution in [3.8, 4) is 28.9 Å². The minimum absolute atomic E-state index is 0.0655. The Morgan fingerprint density at radius 3 is 2.79 bits per heavy atom. The van der Waals surface area contributed by atoms with Crippen LogP contribution in [0.5, 0.6) is 0 Å². The summed E-state index contributed by atoms with van der Waals surface area (Å²) in [5.41, 5.74) is 4.09. The third kappa shape index (κ3) is 4.08. The molecule has 0 aromatic carbocycles. The Hall–Kier alpha value is -4.26. The minimum Gasteiger partial charge on any atom is -0.412 e. The molecule has 0 saturated heterocycles. The molecule has 0 atom stereocenters. The van der Waals surface area contributed by atoms with Crippen LogP contribution in [-0.2, 0) is 0 Å². The first-order chi connectivity index (χ1) is 16.4. The number of hydrogen-bond acceptors (Lipinski definition) is 8. The molecule has 1 amide bonds. The Kier molecular flexibility index (Phi) is 5.45. The van der Waals surface area contributed by atoms with E-state index < -0.39 is 0 Å². The molecule has 1 fully saturated rings. The van der Waals surface area contributed by atoms with Crippen LogP contribution in [0.25, 0.3) is 28.4 Å². The zero-order valence-electron chi connectivity index (χ0n) is 19.1. The van der Waals surface area contributed by atoms with Crippen LogP contribution >= 0.6 is 0 Å². The fourth-order valence-electron chi connectivity index (χ4n) is 4.14. The maximum absolute atomic E-state index is 12.5. The lowest BCUT2D eigenvalue weighted by atomic mass is 9.82. The molecule has 1 aliphatic carbocycles. The average Bonchev–Trinajstić information content (AvgIpc) is 3.44. The van der Waals surface area contributed by atoms with Gasteiger partial charge in [0.1, 0.15) is 6.07 Å². The molecule has 10 heteroatoms. The molecule has 5 rings (SSSR count). The summed E-state index contributed by atoms with van der Waals surface area (Å²) in [5.74, 6) is 0.413. The quantitative estimate of drug-likeness (QED) is 0.449. The molecule has 0 bridgehead atoms. The van der Waals surface area contributed by atoms with E-state index in [9.17, 15) is 4.79 Å². The fraction of sp³-hybridized carbons (Fsp3) is 0.333. The molecule has 34 heavy (non-hydrogen) atoms. The minimum atomic E-state index is -0.360. The molecule has 0 spiro atoms. The van der Waals surface area contributed by atoms with E-state index in [0.29, 0.717) is 22.7 Å². The van der Waals surface area contributed by atoms with Crippen molar-refractivity contribution in [1.29, 1.82) is 5.26 Å². The monoisotopic (exact) mass is 456 g/mol. The molecule has 172 valence electrons. The van der Waals surface area contributed by atoms with E-state index in [1.54, 1.807) is 16.8 Å². The van der Waals surface area contributed by atoms with E-state index in [1.165, 1.54) is 6.20 Å². The number of aromatic nitrogens is 5. The summed E-state index contributed by atoms with van der Waals surface area (Å²) in [6.07, 6.45) is 5.09. The first-order valence-electron chi connectivity index (χ1n) is 11.2. The molecule has 1 aliphatic rings. The molecular formula is C24H24N8O2. The Bertz CT molecular complexity index is 1410. The van der Waals surface area contributed by atoms with Crippen LogP contribution in [0.3, 0.4) is 0 Å². The number of amides is 1. The molecule has 0 aliphatic heterocycles. The van der Waals surface area contributed by atoms with Crippen molar-refractivity contribution in [2.45, 2.75) is 45.7 Å². The van der Waals surface area contributed by atoms with Crippen LogP contribution in [0.15, 0.2) is 41.1 Å². The molecule has 0 unspecified atom stereocenters. The summed E-state index contributed by atoms with van der Waals surface area (Å²) in [5, 5.41) is 27.9. The number of carbonyl (C=O) groups is 1. The molecular weight excluding hydrogens is 432 g/mol. The standard InChI is InChI=1S/C24H24N8O2/c1-13(2)28-19-9-20(21-5-4-17-8-15(10-25)11-27-32(17)21)26-12-18(19)23-30-31-24(34-23)22(33)29-16-6-14(3)7-16/h4-5,8-9,11-14,16H,6-7H2,1-3H3,(H,26,28)(H,29,33). The summed E-state index contributed by atoms with van der Waals surface area (Å²) in [4.78, 5) is 17.1. The second-order valence-electron chi connectivity index (χ2n) is 8.98. The van der Waals surface area contributed by atoms with Gasteiger partial charge in [0.2, 0.25) is 0 Å². The Balaban J connectivity index is 1.47. The van der Waals surface area contributed by atoms with Gasteiger partial charge in [-0.2, -0.15) is 10.4 Å². The number of hydrogen-bond donors (Lipinski definition) is 2. The van der Waals surface area contributed by atoms with Gasteiger partial charge in [0.15, 0.2) is 0 Å². The number of pyridine rings is 1. The summed E-state index contributed by atoms with van der Waals surface area (Å²) in [6.45, 7) is 6.20. The second-order valence-corrected chi connectivity index (χ2v) is 8.98. The first kappa shape index (κ1) is 21.6. The van der Waals surface area contributed by atoms with E-state index in [-0.39, 0.29) is 29.8 Å². The van der Waals surface area contributed by atoms with Crippen molar-refractivity contribution in [2.75, 3.05) is 5.32 Å². The smallest absolute Gasteiger partial charge is 0.309 e. The molecule has 2 N–H and O–H groups in total. The van der Waals surface area contributed by atoms with Crippen LogP contribution in [0.1, 0.15) is 49.9 Å². The molecule has 4 aromatic rings. The van der Waals surface area contributed by atoms with E-state index in [2.05, 4.69) is 43.9 Å². The van der Waals surface area contributed by atoms with Crippen LogP contribution < -0.4 is 10.6 Å². The van der Waals surface area contributed by atoms with Crippen LogP contribution in [0, 0.1) is 17.2 Å². The van der Waals surface area contributed by atoms with Crippen LogP contribution in [0.2, 0.25) is 0 Å². The predicted octanol–water partition coefficient (Wildman–Crippen LogP) is 3.67. The van der Waals surface area contributed by atoms with Gasteiger partial charge in [0.25, 0.3) is 5.89 Å². The SMILES string of the molecule is CC1CC(NC(=O)c2nnc(-c3cnc(-c4ccc5cc(C#N)cnn45)cc3NC(C)C)o2)C1. The Morgan fingerprint density at radius 2 is 2.06 bits per heavy atom. The fourth-order valence-corrected chi connectivity index (χ4v) is 4.14. The number of carbonyl (C=O) groups excluding carboxylic acids is 1. The van der Waals surface area contributed by atoms with Crippen molar-refractivity contribution >= 4 is 17.1 Å². The highest BCUT2D eigenvalue weighted by Crippen LogP contribution is 2.32. The number of anilines is 1. The Morgan fingerprint density at radius 1 is 1.24 bits per heavy atom. The van der Waals surface area contributed by atoms with E-state index >= 15 is 0 Å². The lowest BCUT2D eigenvalue weighted by molar-refractivity contribution is 0.0861. The second kappa shape index (κ2) is 8.59. The van der Waals surface area contributed by atoms with Gasteiger partial charge in [-0.25, -0.2) is 4.52 Å². The number of fused-ring (bicyclic) bond motifs is 1. The van der Waals surface area contributed by atoms with Crippen molar-refractivity contribution in [3.63, 3.8) is 0 Å². The van der Waals surface area contributed by atoms with Gasteiger partial charge in [-0.3, -0.25) is 9.78 Å². The van der Waals surface area contributed by atoms with Crippen LogP contribution in [0.4, 0.5) is 5.69 Å². The zero-order chi connectivity index (χ0) is 23.8. The van der Waals surface area contributed by atoms with E-state index in [1.807, 2.05) is 32.0 Å². The summed E-state index contributed by atoms with van der Waals surface area (Å²) >= 11 is 0. The topological polar surface area (TPSA) is 134 Å². The van der Waals surface area contributed by atoms with Gasteiger partial charge in [-0.05, 0) is 56.9 Å². The molecule has 4 aromatic heterocycles.